The summed E-state index contributed by atoms with van der Waals surface area (Å²) in [6.45, 7) is 1.86. The van der Waals surface area contributed by atoms with Gasteiger partial charge in [0.15, 0.2) is 0 Å². The standard InChI is InChI=1S/C9H12ClN4/c10-8-3-6-12-9(14-8)13-7-1-4-11-5-2-7/h3,6-7H,1-2,4-5H2,(H,12,13,14). The maximum absolute atomic E-state index is 5.75. The second kappa shape index (κ2) is 4.57. The normalized spacial score (nSPS) is 18.1. The van der Waals surface area contributed by atoms with E-state index in [4.69, 9.17) is 11.6 Å². The lowest BCUT2D eigenvalue weighted by atomic mass is 10.1. The Bertz CT molecular complexity index is 299. The Kier molecular flexibility index (Phi) is 3.16. The topological polar surface area (TPSA) is 51.9 Å². The van der Waals surface area contributed by atoms with Gasteiger partial charge in [0.1, 0.15) is 5.15 Å². The van der Waals surface area contributed by atoms with Crippen molar-refractivity contribution in [3.05, 3.63) is 17.4 Å². The Morgan fingerprint density at radius 2 is 2.14 bits per heavy atom. The largest absolute Gasteiger partial charge is 0.351 e. The third-order valence-electron chi connectivity index (χ3n) is 2.23. The number of hydrogen-bond acceptors (Lipinski definition) is 3. The van der Waals surface area contributed by atoms with Crippen molar-refractivity contribution in [3.8, 4) is 0 Å². The van der Waals surface area contributed by atoms with Crippen LogP contribution in [0, 0.1) is 0 Å². The fourth-order valence-electron chi connectivity index (χ4n) is 1.48. The molecule has 1 fully saturated rings. The molecule has 0 atom stereocenters. The van der Waals surface area contributed by atoms with E-state index in [2.05, 4.69) is 20.6 Å². The van der Waals surface area contributed by atoms with Crippen LogP contribution in [0.25, 0.3) is 0 Å². The predicted octanol–water partition coefficient (Wildman–Crippen LogP) is 1.31. The van der Waals surface area contributed by atoms with Gasteiger partial charge in [0.2, 0.25) is 5.95 Å². The first-order valence-corrected chi connectivity index (χ1v) is 5.11. The molecule has 1 aromatic rings. The third-order valence-corrected chi connectivity index (χ3v) is 2.44. The third kappa shape index (κ3) is 2.56. The summed E-state index contributed by atoms with van der Waals surface area (Å²) in [4.78, 5) is 8.18. The molecule has 2 rings (SSSR count). The summed E-state index contributed by atoms with van der Waals surface area (Å²) in [6.07, 6.45) is 3.76. The molecule has 1 aromatic heterocycles. The van der Waals surface area contributed by atoms with Gasteiger partial charge in [-0.15, -0.1) is 0 Å². The van der Waals surface area contributed by atoms with Gasteiger partial charge in [-0.2, -0.15) is 0 Å². The highest BCUT2D eigenvalue weighted by Gasteiger charge is 2.14. The summed E-state index contributed by atoms with van der Waals surface area (Å²) in [6, 6.07) is 2.11. The predicted molar refractivity (Wildman–Crippen MR) is 55.6 cm³/mol. The molecule has 1 radical (unpaired) electrons. The molecule has 5 heteroatoms. The lowest BCUT2D eigenvalue weighted by Gasteiger charge is -2.22. The van der Waals surface area contributed by atoms with E-state index in [-0.39, 0.29) is 0 Å². The van der Waals surface area contributed by atoms with E-state index in [1.807, 2.05) is 0 Å². The van der Waals surface area contributed by atoms with Crippen LogP contribution in [0.2, 0.25) is 5.15 Å². The fourth-order valence-corrected chi connectivity index (χ4v) is 1.62. The van der Waals surface area contributed by atoms with Crippen LogP contribution in [0.4, 0.5) is 5.95 Å². The van der Waals surface area contributed by atoms with Gasteiger partial charge >= 0.3 is 0 Å². The molecule has 1 aliphatic rings. The summed E-state index contributed by atoms with van der Waals surface area (Å²) in [5, 5.41) is 8.01. The van der Waals surface area contributed by atoms with Crippen LogP contribution >= 0.6 is 11.6 Å². The summed E-state index contributed by atoms with van der Waals surface area (Å²) < 4.78 is 0. The van der Waals surface area contributed by atoms with Crippen LogP contribution in [0.5, 0.6) is 0 Å². The molecule has 14 heavy (non-hydrogen) atoms. The van der Waals surface area contributed by atoms with Crippen LogP contribution in [-0.4, -0.2) is 29.1 Å². The molecule has 75 valence electrons. The molecule has 4 nitrogen and oxygen atoms in total. The van der Waals surface area contributed by atoms with Gasteiger partial charge in [0.05, 0.1) is 0 Å². The molecule has 0 unspecified atom stereocenters. The second-order valence-corrected chi connectivity index (χ2v) is 3.68. The van der Waals surface area contributed by atoms with Gasteiger partial charge in [-0.1, -0.05) is 11.6 Å². The molecule has 2 heterocycles. The van der Waals surface area contributed by atoms with Crippen molar-refractivity contribution in [2.45, 2.75) is 18.9 Å². The smallest absolute Gasteiger partial charge is 0.224 e. The SMILES string of the molecule is Clc1ccnc(NC2CC[N]CC2)n1. The van der Waals surface area contributed by atoms with Crippen molar-refractivity contribution in [3.63, 3.8) is 0 Å². The summed E-state index contributed by atoms with van der Waals surface area (Å²) in [5.74, 6) is 0.615. The molecule has 0 bridgehead atoms. The van der Waals surface area contributed by atoms with Crippen molar-refractivity contribution in [1.29, 1.82) is 0 Å². The van der Waals surface area contributed by atoms with Crippen LogP contribution in [-0.2, 0) is 0 Å². The Hall–Kier alpha value is -0.870. The molecule has 0 amide bonds. The minimum Gasteiger partial charge on any atom is -0.351 e. The quantitative estimate of drug-likeness (QED) is 0.751. The van der Waals surface area contributed by atoms with Crippen molar-refractivity contribution in [2.24, 2.45) is 0 Å². The fraction of sp³-hybridized carbons (Fsp3) is 0.556. The number of aromatic nitrogens is 2. The number of hydrogen-bond donors (Lipinski definition) is 1. The molecule has 1 saturated heterocycles. The monoisotopic (exact) mass is 211 g/mol. The molecular formula is C9H12ClN4. The second-order valence-electron chi connectivity index (χ2n) is 3.29. The Balaban J connectivity index is 1.95. The molecule has 1 aliphatic heterocycles. The average Bonchev–Trinajstić information content (AvgIpc) is 2.19. The van der Waals surface area contributed by atoms with Crippen molar-refractivity contribution < 1.29 is 0 Å². The number of anilines is 1. The molecule has 1 N–H and O–H groups in total. The zero-order chi connectivity index (χ0) is 9.80. The van der Waals surface area contributed by atoms with Gasteiger partial charge in [-0.3, -0.25) is 0 Å². The number of halogens is 1. The first-order chi connectivity index (χ1) is 6.84. The van der Waals surface area contributed by atoms with Gasteiger partial charge in [0.25, 0.3) is 0 Å². The molecule has 0 saturated carbocycles. The lowest BCUT2D eigenvalue weighted by Crippen LogP contribution is -2.32. The number of rotatable bonds is 2. The first-order valence-electron chi connectivity index (χ1n) is 4.73. The summed E-state index contributed by atoms with van der Waals surface area (Å²) in [5.41, 5.74) is 0. The zero-order valence-corrected chi connectivity index (χ0v) is 8.54. The molecular weight excluding hydrogens is 200 g/mol. The highest BCUT2D eigenvalue weighted by molar-refractivity contribution is 6.29. The lowest BCUT2D eigenvalue weighted by molar-refractivity contribution is 0.470. The number of piperidine rings is 1. The van der Waals surface area contributed by atoms with Gasteiger partial charge in [-0.25, -0.2) is 15.3 Å². The molecule has 0 aromatic carbocycles. The molecule has 0 spiro atoms. The Morgan fingerprint density at radius 3 is 2.86 bits per heavy atom. The van der Waals surface area contributed by atoms with Crippen molar-refractivity contribution in [2.75, 3.05) is 18.4 Å². The minimum atomic E-state index is 0.436. The van der Waals surface area contributed by atoms with E-state index in [0.717, 1.165) is 25.9 Å². The van der Waals surface area contributed by atoms with E-state index in [1.165, 1.54) is 0 Å². The van der Waals surface area contributed by atoms with E-state index >= 15 is 0 Å². The highest BCUT2D eigenvalue weighted by atomic mass is 35.5. The summed E-state index contributed by atoms with van der Waals surface area (Å²) >= 11 is 5.75. The van der Waals surface area contributed by atoms with Crippen molar-refractivity contribution >= 4 is 17.5 Å². The van der Waals surface area contributed by atoms with E-state index in [0.29, 0.717) is 17.1 Å². The van der Waals surface area contributed by atoms with E-state index in [1.54, 1.807) is 12.3 Å². The van der Waals surface area contributed by atoms with Crippen LogP contribution in [0.1, 0.15) is 12.8 Å². The van der Waals surface area contributed by atoms with Crippen LogP contribution in [0.15, 0.2) is 12.3 Å². The number of nitrogens with zero attached hydrogens (tertiary/aromatic N) is 3. The van der Waals surface area contributed by atoms with Crippen LogP contribution in [0.3, 0.4) is 0 Å². The van der Waals surface area contributed by atoms with Crippen LogP contribution < -0.4 is 10.6 Å². The zero-order valence-electron chi connectivity index (χ0n) is 7.78. The summed E-state index contributed by atoms with van der Waals surface area (Å²) in [7, 11) is 0. The average molecular weight is 212 g/mol. The van der Waals surface area contributed by atoms with E-state index in [9.17, 15) is 0 Å². The van der Waals surface area contributed by atoms with Gasteiger partial charge in [0, 0.05) is 25.3 Å². The molecule has 0 aliphatic carbocycles. The van der Waals surface area contributed by atoms with Gasteiger partial charge < -0.3 is 5.32 Å². The maximum Gasteiger partial charge on any atom is 0.224 e. The number of nitrogens with one attached hydrogen (secondary N) is 1. The first kappa shape index (κ1) is 9.68. The van der Waals surface area contributed by atoms with Crippen molar-refractivity contribution in [1.82, 2.24) is 15.3 Å². The minimum absolute atomic E-state index is 0.436. The highest BCUT2D eigenvalue weighted by Crippen LogP contribution is 2.11. The Morgan fingerprint density at radius 1 is 1.36 bits per heavy atom. The Labute approximate surface area is 88.1 Å². The van der Waals surface area contributed by atoms with Gasteiger partial charge in [-0.05, 0) is 18.9 Å². The van der Waals surface area contributed by atoms with E-state index < -0.39 is 0 Å². The maximum atomic E-state index is 5.75.